The van der Waals surface area contributed by atoms with Crippen molar-refractivity contribution >= 4 is 39.5 Å². The van der Waals surface area contributed by atoms with E-state index in [1.165, 1.54) is 0 Å². The molecule has 0 fully saturated rings. The summed E-state index contributed by atoms with van der Waals surface area (Å²) in [6.45, 7) is 0. The van der Waals surface area contributed by atoms with Crippen LogP contribution in [0.4, 0.5) is 0 Å². The third-order valence-corrected chi connectivity index (χ3v) is 4.86. The molecule has 1 N–H and O–H groups in total. The second-order valence-electron chi connectivity index (χ2n) is 4.88. The van der Waals surface area contributed by atoms with Gasteiger partial charge < -0.3 is 8.95 Å². The lowest BCUT2D eigenvalue weighted by molar-refractivity contribution is 0.587. The second-order valence-corrected chi connectivity index (χ2v) is 6.69. The van der Waals surface area contributed by atoms with Gasteiger partial charge in [0.2, 0.25) is 0 Å². The highest BCUT2D eigenvalue weighted by Crippen LogP contribution is 2.22. The van der Waals surface area contributed by atoms with Crippen LogP contribution in [0.1, 0.15) is 5.56 Å². The minimum Gasteiger partial charge on any atom is -0.609 e. The molecule has 0 bridgehead atoms. The van der Waals surface area contributed by atoms with E-state index < -0.39 is 11.2 Å². The number of imidazole rings is 2. The molecule has 0 saturated carbocycles. The van der Waals surface area contributed by atoms with Crippen molar-refractivity contribution in [3.8, 4) is 0 Å². The first-order valence-corrected chi connectivity index (χ1v) is 8.34. The van der Waals surface area contributed by atoms with Gasteiger partial charge in [0.15, 0.2) is 0 Å². The molecule has 1 atom stereocenters. The lowest BCUT2D eigenvalue weighted by atomic mass is 10.3. The van der Waals surface area contributed by atoms with Crippen molar-refractivity contribution in [1.82, 2.24) is 19.4 Å². The highest BCUT2D eigenvalue weighted by molar-refractivity contribution is 7.90. The average Bonchev–Trinajstić information content (AvgIpc) is 3.13. The lowest BCUT2D eigenvalue weighted by Crippen LogP contribution is -2.08. The van der Waals surface area contributed by atoms with Crippen molar-refractivity contribution in [1.29, 1.82) is 0 Å². The zero-order valence-electron chi connectivity index (χ0n) is 11.4. The normalized spacial score (nSPS) is 13.0. The van der Waals surface area contributed by atoms with Crippen LogP contribution in [0.15, 0.2) is 54.1 Å². The van der Waals surface area contributed by atoms with Crippen LogP contribution in [0.3, 0.4) is 0 Å². The van der Waals surface area contributed by atoms with E-state index in [0.29, 0.717) is 15.9 Å². The van der Waals surface area contributed by atoms with E-state index in [9.17, 15) is 4.55 Å². The molecule has 0 aliphatic rings. The fourth-order valence-corrected chi connectivity index (χ4v) is 3.63. The number of halogens is 1. The number of rotatable bonds is 3. The fourth-order valence-electron chi connectivity index (χ4n) is 2.39. The zero-order chi connectivity index (χ0) is 15.1. The summed E-state index contributed by atoms with van der Waals surface area (Å²) in [7, 11) is 0. The molecule has 0 amide bonds. The van der Waals surface area contributed by atoms with Gasteiger partial charge in [-0.1, -0.05) is 11.6 Å². The Morgan fingerprint density at radius 1 is 1.27 bits per heavy atom. The van der Waals surface area contributed by atoms with Crippen LogP contribution >= 0.6 is 11.6 Å². The number of nitrogens with zero attached hydrogens (tertiary/aromatic N) is 3. The van der Waals surface area contributed by atoms with Crippen molar-refractivity contribution in [2.45, 2.75) is 10.9 Å². The number of hydrogen-bond donors (Lipinski definition) is 1. The quantitative estimate of drug-likeness (QED) is 0.587. The summed E-state index contributed by atoms with van der Waals surface area (Å²) in [6.07, 6.45) is 5.51. The van der Waals surface area contributed by atoms with Crippen molar-refractivity contribution in [2.75, 3.05) is 0 Å². The summed E-state index contributed by atoms with van der Waals surface area (Å²) in [5, 5.41) is 1.06. The van der Waals surface area contributed by atoms with E-state index in [-0.39, 0.29) is 0 Å². The smallest absolute Gasteiger partial charge is 0.321 e. The largest absolute Gasteiger partial charge is 0.609 e. The maximum absolute atomic E-state index is 12.6. The second kappa shape index (κ2) is 5.31. The Kier molecular flexibility index (Phi) is 3.29. The average molecular weight is 331 g/mol. The molecule has 110 valence electrons. The maximum atomic E-state index is 12.6. The van der Waals surface area contributed by atoms with E-state index in [4.69, 9.17) is 11.6 Å². The molecule has 3 heterocycles. The number of aromatic amines is 1. The van der Waals surface area contributed by atoms with Crippen molar-refractivity contribution in [2.24, 2.45) is 0 Å². The minimum absolute atomic E-state index is 0.356. The first-order valence-electron chi connectivity index (χ1n) is 6.65. The molecule has 0 aliphatic carbocycles. The van der Waals surface area contributed by atoms with Crippen LogP contribution in [-0.4, -0.2) is 23.9 Å². The topological polar surface area (TPSA) is 69.0 Å². The number of H-pyrrole nitrogens is 1. The number of aromatic nitrogens is 4. The van der Waals surface area contributed by atoms with Crippen LogP contribution in [0.2, 0.25) is 5.02 Å². The molecule has 22 heavy (non-hydrogen) atoms. The van der Waals surface area contributed by atoms with Crippen LogP contribution in [0.25, 0.3) is 16.7 Å². The summed E-state index contributed by atoms with van der Waals surface area (Å²) in [4.78, 5) is 11.8. The molecule has 0 aliphatic heterocycles. The predicted octanol–water partition coefficient (Wildman–Crippen LogP) is 3.17. The number of pyridine rings is 1. The van der Waals surface area contributed by atoms with Gasteiger partial charge >= 0.3 is 5.16 Å². The lowest BCUT2D eigenvalue weighted by Gasteiger charge is -2.07. The maximum Gasteiger partial charge on any atom is 0.321 e. The molecule has 4 rings (SSSR count). The van der Waals surface area contributed by atoms with Crippen LogP contribution in [0.5, 0.6) is 0 Å². The molecule has 3 aromatic heterocycles. The Hall–Kier alpha value is -2.02. The molecule has 4 aromatic rings. The van der Waals surface area contributed by atoms with Gasteiger partial charge in [-0.25, -0.2) is 4.98 Å². The molecule has 7 heteroatoms. The van der Waals surface area contributed by atoms with Gasteiger partial charge in [0.05, 0.1) is 11.0 Å². The van der Waals surface area contributed by atoms with E-state index in [1.54, 1.807) is 18.3 Å². The Morgan fingerprint density at radius 2 is 2.18 bits per heavy atom. The molecule has 0 radical (unpaired) electrons. The Balaban J connectivity index is 1.68. The number of fused-ring (bicyclic) bond motifs is 2. The molecular weight excluding hydrogens is 320 g/mol. The Morgan fingerprint density at radius 3 is 3.09 bits per heavy atom. The molecular formula is C15H11ClN4OS. The van der Waals surface area contributed by atoms with Gasteiger partial charge in [-0.3, -0.25) is 4.98 Å². The van der Waals surface area contributed by atoms with Crippen LogP contribution < -0.4 is 0 Å². The Bertz CT molecular complexity index is 964. The summed E-state index contributed by atoms with van der Waals surface area (Å²) < 4.78 is 14.5. The summed E-state index contributed by atoms with van der Waals surface area (Å²) in [5.74, 6) is 0.356. The van der Waals surface area contributed by atoms with Crippen molar-refractivity contribution in [3.63, 3.8) is 0 Å². The van der Waals surface area contributed by atoms with Crippen LogP contribution in [0, 0.1) is 0 Å². The molecule has 5 nitrogen and oxygen atoms in total. The molecule has 1 aromatic carbocycles. The monoisotopic (exact) mass is 330 g/mol. The fraction of sp³-hybridized carbons (Fsp3) is 0.0667. The SMILES string of the molecule is [O-][S+](Cc1cccn2ccnc12)c1nc2cc(Cl)ccc2[nH]1. The standard InChI is InChI=1S/C15H11ClN4OS/c16-11-3-4-12-13(8-11)19-15(18-12)22(21)9-10-2-1-6-20-7-5-17-14(10)20/h1-8H,9H2,(H,18,19). The highest BCUT2D eigenvalue weighted by atomic mass is 35.5. The third-order valence-electron chi connectivity index (χ3n) is 3.43. The van der Waals surface area contributed by atoms with Crippen molar-refractivity contribution in [3.05, 3.63) is 59.5 Å². The van der Waals surface area contributed by atoms with Gasteiger partial charge in [-0.05, 0) is 30.3 Å². The first kappa shape index (κ1) is 13.6. The van der Waals surface area contributed by atoms with Gasteiger partial charge in [-0.15, -0.1) is 0 Å². The van der Waals surface area contributed by atoms with E-state index >= 15 is 0 Å². The van der Waals surface area contributed by atoms with Gasteiger partial charge in [0.1, 0.15) is 11.4 Å². The summed E-state index contributed by atoms with van der Waals surface area (Å²) in [5.41, 5.74) is 3.28. The van der Waals surface area contributed by atoms with E-state index in [0.717, 1.165) is 22.2 Å². The number of nitrogens with one attached hydrogen (secondary N) is 1. The van der Waals surface area contributed by atoms with E-state index in [1.807, 2.05) is 35.0 Å². The zero-order valence-corrected chi connectivity index (χ0v) is 12.9. The van der Waals surface area contributed by atoms with Gasteiger partial charge in [0, 0.05) is 40.4 Å². The van der Waals surface area contributed by atoms with Crippen LogP contribution in [-0.2, 0) is 16.9 Å². The van der Waals surface area contributed by atoms with Crippen molar-refractivity contribution < 1.29 is 4.55 Å². The predicted molar refractivity (Wildman–Crippen MR) is 86.4 cm³/mol. The minimum atomic E-state index is -1.28. The number of benzene rings is 1. The first-order chi connectivity index (χ1) is 10.7. The third kappa shape index (κ3) is 2.35. The van der Waals surface area contributed by atoms with Gasteiger partial charge in [-0.2, -0.15) is 4.98 Å². The van der Waals surface area contributed by atoms with Gasteiger partial charge in [0.25, 0.3) is 0 Å². The molecule has 0 saturated heterocycles. The summed E-state index contributed by atoms with van der Waals surface area (Å²) in [6, 6.07) is 9.21. The Labute approximate surface area is 134 Å². The highest BCUT2D eigenvalue weighted by Gasteiger charge is 2.19. The van der Waals surface area contributed by atoms with E-state index in [2.05, 4.69) is 15.0 Å². The number of hydrogen-bond acceptors (Lipinski definition) is 3. The molecule has 1 unspecified atom stereocenters. The summed E-state index contributed by atoms with van der Waals surface area (Å²) >= 11 is 4.67. The molecule has 0 spiro atoms.